The second kappa shape index (κ2) is 11.6. The van der Waals surface area contributed by atoms with Gasteiger partial charge in [-0.15, -0.1) is 0 Å². The largest absolute Gasteiger partial charge is 0.468 e. The Bertz CT molecular complexity index is 1390. The Morgan fingerprint density at radius 3 is 2.15 bits per heavy atom. The second-order valence-corrected chi connectivity index (χ2v) is 10.5. The summed E-state index contributed by atoms with van der Waals surface area (Å²) in [7, 11) is 1.60. The van der Waals surface area contributed by atoms with E-state index in [0.717, 1.165) is 38.2 Å². The minimum absolute atomic E-state index is 0.263. The van der Waals surface area contributed by atoms with Crippen LogP contribution in [0.5, 0.6) is 12.0 Å². The second-order valence-electron chi connectivity index (χ2n) is 10.5. The minimum atomic E-state index is 0.263. The topological polar surface area (TPSA) is 101 Å². The quantitative estimate of drug-likeness (QED) is 0.338. The van der Waals surface area contributed by atoms with Crippen LogP contribution >= 0.6 is 0 Å². The third kappa shape index (κ3) is 5.84. The van der Waals surface area contributed by atoms with Crippen LogP contribution in [0.25, 0.3) is 22.3 Å². The predicted molar refractivity (Wildman–Crippen MR) is 151 cm³/mol. The molecule has 0 amide bonds. The molecule has 0 aliphatic carbocycles. The lowest BCUT2D eigenvalue weighted by molar-refractivity contribution is 0.0483. The van der Waals surface area contributed by atoms with Crippen molar-refractivity contribution in [3.8, 4) is 23.1 Å². The minimum Gasteiger partial charge on any atom is -0.468 e. The molecule has 6 rings (SSSR count). The molecule has 39 heavy (non-hydrogen) atoms. The first kappa shape index (κ1) is 25.6. The molecule has 4 aromatic rings. The van der Waals surface area contributed by atoms with Gasteiger partial charge in [-0.25, -0.2) is 0 Å². The average Bonchev–Trinajstić information content (AvgIpc) is 3.61. The van der Waals surface area contributed by atoms with Crippen molar-refractivity contribution in [2.75, 3.05) is 45.8 Å². The SMILES string of the molecule is COc1nc2c(N)nc(OCC3CCOCC3)nc2n1Cc1ccc(-c2ccc(CN3CCCC3)cc2)cc1. The van der Waals surface area contributed by atoms with Gasteiger partial charge < -0.3 is 19.9 Å². The van der Waals surface area contributed by atoms with E-state index in [1.165, 1.54) is 42.6 Å². The number of aromatic nitrogens is 4. The highest BCUT2D eigenvalue weighted by atomic mass is 16.5. The summed E-state index contributed by atoms with van der Waals surface area (Å²) in [6, 6.07) is 18.2. The molecule has 4 heterocycles. The van der Waals surface area contributed by atoms with Crippen molar-refractivity contribution < 1.29 is 14.2 Å². The van der Waals surface area contributed by atoms with Crippen molar-refractivity contribution >= 4 is 17.0 Å². The maximum absolute atomic E-state index is 6.25. The number of nitrogens with two attached hydrogens (primary N) is 1. The lowest BCUT2D eigenvalue weighted by atomic mass is 10.0. The molecule has 2 fully saturated rings. The molecule has 2 aromatic carbocycles. The van der Waals surface area contributed by atoms with Crippen molar-refractivity contribution in [1.82, 2.24) is 24.4 Å². The van der Waals surface area contributed by atoms with Gasteiger partial charge in [-0.05, 0) is 66.9 Å². The fraction of sp³-hybridized carbons (Fsp3) is 0.433. The summed E-state index contributed by atoms with van der Waals surface area (Å²) in [5, 5.41) is 0. The lowest BCUT2D eigenvalue weighted by Crippen LogP contribution is -2.22. The molecule has 0 spiro atoms. The number of imidazole rings is 1. The molecule has 9 nitrogen and oxygen atoms in total. The van der Waals surface area contributed by atoms with E-state index in [-0.39, 0.29) is 11.8 Å². The molecule has 0 radical (unpaired) electrons. The molecule has 0 unspecified atom stereocenters. The van der Waals surface area contributed by atoms with Crippen LogP contribution in [0.1, 0.15) is 36.8 Å². The van der Waals surface area contributed by atoms with E-state index >= 15 is 0 Å². The summed E-state index contributed by atoms with van der Waals surface area (Å²) in [5.74, 6) is 0.709. The smallest absolute Gasteiger partial charge is 0.320 e. The van der Waals surface area contributed by atoms with Gasteiger partial charge in [0.05, 0.1) is 20.3 Å². The van der Waals surface area contributed by atoms with E-state index in [9.17, 15) is 0 Å². The van der Waals surface area contributed by atoms with Gasteiger partial charge in [-0.3, -0.25) is 9.47 Å². The number of ether oxygens (including phenoxy) is 3. The number of hydrogen-bond acceptors (Lipinski definition) is 8. The van der Waals surface area contributed by atoms with Crippen molar-refractivity contribution in [3.05, 3.63) is 59.7 Å². The van der Waals surface area contributed by atoms with Gasteiger partial charge in [-0.1, -0.05) is 48.5 Å². The van der Waals surface area contributed by atoms with E-state index in [0.29, 0.717) is 36.2 Å². The summed E-state index contributed by atoms with van der Waals surface area (Å²) in [5.41, 5.74) is 12.2. The van der Waals surface area contributed by atoms with Crippen LogP contribution in [0.2, 0.25) is 0 Å². The molecular weight excluding hydrogens is 492 g/mol. The van der Waals surface area contributed by atoms with Crippen LogP contribution in [0.3, 0.4) is 0 Å². The Balaban J connectivity index is 1.18. The van der Waals surface area contributed by atoms with E-state index in [1.54, 1.807) is 7.11 Å². The normalized spacial score (nSPS) is 16.6. The zero-order chi connectivity index (χ0) is 26.6. The number of rotatable bonds is 9. The average molecular weight is 529 g/mol. The van der Waals surface area contributed by atoms with E-state index < -0.39 is 0 Å². The van der Waals surface area contributed by atoms with Gasteiger partial charge in [0.15, 0.2) is 17.0 Å². The first-order valence-corrected chi connectivity index (χ1v) is 13.8. The molecular formula is C30H36N6O3. The van der Waals surface area contributed by atoms with Crippen molar-refractivity contribution in [2.24, 2.45) is 5.92 Å². The van der Waals surface area contributed by atoms with Gasteiger partial charge >= 0.3 is 6.01 Å². The summed E-state index contributed by atoms with van der Waals surface area (Å²) < 4.78 is 18.9. The maximum Gasteiger partial charge on any atom is 0.320 e. The first-order valence-electron chi connectivity index (χ1n) is 13.8. The summed E-state index contributed by atoms with van der Waals surface area (Å²) in [6.07, 6.45) is 4.58. The highest BCUT2D eigenvalue weighted by molar-refractivity contribution is 5.83. The molecule has 0 bridgehead atoms. The third-order valence-corrected chi connectivity index (χ3v) is 7.72. The predicted octanol–water partition coefficient (Wildman–Crippen LogP) is 4.53. The highest BCUT2D eigenvalue weighted by Crippen LogP contribution is 2.28. The van der Waals surface area contributed by atoms with E-state index in [2.05, 4.69) is 68.4 Å². The summed E-state index contributed by atoms with van der Waals surface area (Å²) in [6.45, 7) is 6.07. The highest BCUT2D eigenvalue weighted by Gasteiger charge is 2.20. The fourth-order valence-corrected chi connectivity index (χ4v) is 5.44. The monoisotopic (exact) mass is 528 g/mol. The molecule has 2 aromatic heterocycles. The number of nitrogens with zero attached hydrogens (tertiary/aromatic N) is 5. The first-order chi connectivity index (χ1) is 19.2. The van der Waals surface area contributed by atoms with Crippen LogP contribution in [0.15, 0.2) is 48.5 Å². The molecule has 2 aliphatic heterocycles. The Morgan fingerprint density at radius 2 is 1.51 bits per heavy atom. The van der Waals surface area contributed by atoms with Crippen molar-refractivity contribution in [3.63, 3.8) is 0 Å². The summed E-state index contributed by atoms with van der Waals surface area (Å²) in [4.78, 5) is 16.1. The van der Waals surface area contributed by atoms with Gasteiger partial charge in [-0.2, -0.15) is 15.0 Å². The number of benzene rings is 2. The van der Waals surface area contributed by atoms with Gasteiger partial charge in [0, 0.05) is 19.8 Å². The number of methoxy groups -OCH3 is 1. The Morgan fingerprint density at radius 1 is 0.872 bits per heavy atom. The number of fused-ring (bicyclic) bond motifs is 1. The molecule has 0 saturated carbocycles. The van der Waals surface area contributed by atoms with Crippen molar-refractivity contribution in [1.29, 1.82) is 0 Å². The standard InChI is InChI=1S/C30H36N6O3/c1-37-30-32-26-27(31)33-29(39-20-23-12-16-38-17-13-23)34-28(26)36(30)19-22-6-10-25(11-7-22)24-8-4-21(5-9-24)18-35-14-2-3-15-35/h4-11,23H,2-3,12-20H2,1H3,(H2,31,33,34). The van der Waals surface area contributed by atoms with Crippen molar-refractivity contribution in [2.45, 2.75) is 38.8 Å². The molecule has 2 saturated heterocycles. The van der Waals surface area contributed by atoms with Gasteiger partial charge in [0.1, 0.15) is 0 Å². The Hall–Kier alpha value is -3.69. The van der Waals surface area contributed by atoms with Crippen LogP contribution in [-0.4, -0.2) is 64.4 Å². The molecule has 2 N–H and O–H groups in total. The number of hydrogen-bond donors (Lipinski definition) is 1. The zero-order valence-electron chi connectivity index (χ0n) is 22.5. The summed E-state index contributed by atoms with van der Waals surface area (Å²) >= 11 is 0. The molecule has 2 aliphatic rings. The molecule has 9 heteroatoms. The van der Waals surface area contributed by atoms with Crippen LogP contribution in [0, 0.1) is 5.92 Å². The van der Waals surface area contributed by atoms with E-state index in [4.69, 9.17) is 19.9 Å². The number of likely N-dealkylation sites (tertiary alicyclic amines) is 1. The number of nitrogen functional groups attached to an aromatic ring is 1. The Labute approximate surface area is 228 Å². The van der Waals surface area contributed by atoms with Crippen LogP contribution < -0.4 is 15.2 Å². The van der Waals surface area contributed by atoms with Gasteiger partial charge in [0.25, 0.3) is 6.01 Å². The Kier molecular flexibility index (Phi) is 7.60. The third-order valence-electron chi connectivity index (χ3n) is 7.72. The zero-order valence-corrected chi connectivity index (χ0v) is 22.5. The van der Waals surface area contributed by atoms with E-state index in [1.807, 2.05) is 4.57 Å². The maximum atomic E-state index is 6.25. The van der Waals surface area contributed by atoms with Gasteiger partial charge in [0.2, 0.25) is 0 Å². The van der Waals surface area contributed by atoms with Crippen LogP contribution in [0.4, 0.5) is 5.82 Å². The molecule has 0 atom stereocenters. The lowest BCUT2D eigenvalue weighted by Gasteiger charge is -2.21. The number of anilines is 1. The van der Waals surface area contributed by atoms with Crippen LogP contribution in [-0.2, 0) is 17.8 Å². The fourth-order valence-electron chi connectivity index (χ4n) is 5.44. The molecule has 204 valence electrons.